The number of hydrogen-bond donors (Lipinski definition) is 9. The lowest BCUT2D eigenvalue weighted by Crippen LogP contribution is -2.47. The van der Waals surface area contributed by atoms with Gasteiger partial charge in [0.05, 0.1) is 19.2 Å². The molecule has 0 aromatic carbocycles. The van der Waals surface area contributed by atoms with E-state index in [2.05, 4.69) is 26.1 Å². The summed E-state index contributed by atoms with van der Waals surface area (Å²) in [7, 11) is 0. The van der Waals surface area contributed by atoms with Gasteiger partial charge in [-0.3, -0.25) is 10.2 Å². The van der Waals surface area contributed by atoms with Crippen molar-refractivity contribution < 1.29 is 29.1 Å². The third-order valence-corrected chi connectivity index (χ3v) is 3.49. The van der Waals surface area contributed by atoms with Gasteiger partial charge in [-0.05, 0) is 6.42 Å². The van der Waals surface area contributed by atoms with Crippen LogP contribution in [0.5, 0.6) is 0 Å². The van der Waals surface area contributed by atoms with Crippen LogP contribution in [-0.2, 0) is 16.1 Å². The second-order valence-corrected chi connectivity index (χ2v) is 5.98. The van der Waals surface area contributed by atoms with Gasteiger partial charge in [0, 0.05) is 19.5 Å². The SMILES string of the molecule is CC(=O)N[C@H](CNC(=N)N)C[C@H](N)c1noc(CNC(=O)NC(CO)C(=O)O)n1. The summed E-state index contributed by atoms with van der Waals surface area (Å²) >= 11 is 0. The van der Waals surface area contributed by atoms with Crippen LogP contribution in [0.3, 0.4) is 0 Å². The maximum Gasteiger partial charge on any atom is 0.328 e. The Bertz CT molecular complexity index is 724. The van der Waals surface area contributed by atoms with Crippen molar-refractivity contribution in [1.82, 2.24) is 31.4 Å². The van der Waals surface area contributed by atoms with Crippen molar-refractivity contribution in [3.63, 3.8) is 0 Å². The average molecular weight is 415 g/mol. The average Bonchev–Trinajstić information content (AvgIpc) is 3.10. The number of amides is 3. The van der Waals surface area contributed by atoms with E-state index in [1.165, 1.54) is 6.92 Å². The second-order valence-electron chi connectivity index (χ2n) is 5.98. The standard InChI is InChI=1S/C14H25N9O6/c1-6(25)20-7(3-18-13(16)17)2-8(15)11-22-10(29-23-11)4-19-14(28)21-9(5-24)12(26)27/h7-9,24H,2-5,15H2,1H3,(H,20,25)(H,26,27)(H4,16,17,18)(H2,19,21,28)/t7-,8-,9?/m0/s1. The third-order valence-electron chi connectivity index (χ3n) is 3.49. The van der Waals surface area contributed by atoms with Crippen LogP contribution in [0.15, 0.2) is 4.52 Å². The van der Waals surface area contributed by atoms with Crippen molar-refractivity contribution in [3.05, 3.63) is 11.7 Å². The summed E-state index contributed by atoms with van der Waals surface area (Å²) in [5, 5.41) is 38.1. The van der Waals surface area contributed by atoms with E-state index in [1.54, 1.807) is 0 Å². The van der Waals surface area contributed by atoms with E-state index in [4.69, 9.17) is 31.6 Å². The van der Waals surface area contributed by atoms with E-state index in [9.17, 15) is 14.4 Å². The smallest absolute Gasteiger partial charge is 0.328 e. The van der Waals surface area contributed by atoms with Crippen LogP contribution < -0.4 is 32.7 Å². The molecule has 0 bridgehead atoms. The number of guanidine groups is 1. The first-order valence-corrected chi connectivity index (χ1v) is 8.43. The van der Waals surface area contributed by atoms with Gasteiger partial charge < -0.3 is 47.5 Å². The Morgan fingerprint density at radius 3 is 2.52 bits per heavy atom. The number of hydrogen-bond acceptors (Lipinski definition) is 9. The molecule has 29 heavy (non-hydrogen) atoms. The Morgan fingerprint density at radius 2 is 1.97 bits per heavy atom. The molecular formula is C14H25N9O6. The molecule has 0 aliphatic rings. The van der Waals surface area contributed by atoms with Gasteiger partial charge in [0.25, 0.3) is 0 Å². The highest BCUT2D eigenvalue weighted by atomic mass is 16.5. The van der Waals surface area contributed by atoms with Crippen LogP contribution in [0.25, 0.3) is 0 Å². The summed E-state index contributed by atoms with van der Waals surface area (Å²) in [5.41, 5.74) is 11.3. The predicted octanol–water partition coefficient (Wildman–Crippen LogP) is -3.31. The van der Waals surface area contributed by atoms with Crippen LogP contribution in [-0.4, -0.2) is 69.5 Å². The van der Waals surface area contributed by atoms with Crippen LogP contribution in [0.4, 0.5) is 4.79 Å². The molecule has 162 valence electrons. The number of carboxylic acid groups (broad SMARTS) is 1. The van der Waals surface area contributed by atoms with Crippen molar-refractivity contribution in [3.8, 4) is 0 Å². The highest BCUT2D eigenvalue weighted by Gasteiger charge is 2.22. The Balaban J connectivity index is 2.59. The number of carbonyl (C=O) groups is 3. The number of aliphatic carboxylic acids is 1. The van der Waals surface area contributed by atoms with Crippen molar-refractivity contribution in [1.29, 1.82) is 5.41 Å². The van der Waals surface area contributed by atoms with Gasteiger partial charge in [-0.15, -0.1) is 0 Å². The summed E-state index contributed by atoms with van der Waals surface area (Å²) in [6.45, 7) is 0.534. The van der Waals surface area contributed by atoms with Gasteiger partial charge in [-0.1, -0.05) is 5.16 Å². The molecule has 0 saturated carbocycles. The number of carbonyl (C=O) groups excluding carboxylic acids is 2. The zero-order valence-electron chi connectivity index (χ0n) is 15.6. The lowest BCUT2D eigenvalue weighted by molar-refractivity contribution is -0.140. The van der Waals surface area contributed by atoms with E-state index in [-0.39, 0.29) is 43.1 Å². The van der Waals surface area contributed by atoms with Gasteiger partial charge in [-0.2, -0.15) is 4.98 Å². The van der Waals surface area contributed by atoms with E-state index in [1.807, 2.05) is 5.32 Å². The molecule has 1 unspecified atom stereocenters. The summed E-state index contributed by atoms with van der Waals surface area (Å²) in [5.74, 6) is -1.80. The monoisotopic (exact) mass is 415 g/mol. The fraction of sp³-hybridized carbons (Fsp3) is 0.571. The Hall–Kier alpha value is -3.46. The number of nitrogens with two attached hydrogens (primary N) is 2. The number of aromatic nitrogens is 2. The second kappa shape index (κ2) is 11.4. The molecule has 0 fully saturated rings. The molecular weight excluding hydrogens is 390 g/mol. The van der Waals surface area contributed by atoms with Gasteiger partial charge in [0.1, 0.15) is 0 Å². The number of carboxylic acids is 1. The highest BCUT2D eigenvalue weighted by molar-refractivity contribution is 5.82. The van der Waals surface area contributed by atoms with E-state index in [0.29, 0.717) is 0 Å². The minimum absolute atomic E-state index is 0.0133. The Morgan fingerprint density at radius 1 is 1.28 bits per heavy atom. The zero-order chi connectivity index (χ0) is 22.0. The quantitative estimate of drug-likeness (QED) is 0.128. The van der Waals surface area contributed by atoms with Gasteiger partial charge in [-0.25, -0.2) is 9.59 Å². The fourth-order valence-electron chi connectivity index (χ4n) is 2.17. The van der Waals surface area contributed by atoms with Gasteiger partial charge in [0.15, 0.2) is 17.8 Å². The van der Waals surface area contributed by atoms with Crippen molar-refractivity contribution in [2.24, 2.45) is 11.5 Å². The van der Waals surface area contributed by atoms with Crippen LogP contribution in [0.1, 0.15) is 31.1 Å². The molecule has 1 aromatic rings. The molecule has 1 aromatic heterocycles. The normalized spacial score (nSPS) is 13.6. The molecule has 0 saturated heterocycles. The zero-order valence-corrected chi connectivity index (χ0v) is 15.6. The molecule has 0 aliphatic carbocycles. The van der Waals surface area contributed by atoms with Gasteiger partial charge >= 0.3 is 12.0 Å². The number of aliphatic hydroxyl groups is 1. The fourth-order valence-corrected chi connectivity index (χ4v) is 2.17. The predicted molar refractivity (Wildman–Crippen MR) is 97.2 cm³/mol. The molecule has 0 aliphatic heterocycles. The molecule has 11 N–H and O–H groups in total. The van der Waals surface area contributed by atoms with E-state index in [0.717, 1.165) is 0 Å². The molecule has 3 atom stereocenters. The maximum atomic E-state index is 11.6. The minimum Gasteiger partial charge on any atom is -0.480 e. The number of aliphatic hydroxyl groups excluding tert-OH is 1. The topological polar surface area (TPSA) is 255 Å². The Labute approximate surface area is 165 Å². The first-order valence-electron chi connectivity index (χ1n) is 8.43. The summed E-state index contributed by atoms with van der Waals surface area (Å²) in [6, 6.07) is -3.48. The number of urea groups is 1. The van der Waals surface area contributed by atoms with Crippen LogP contribution >= 0.6 is 0 Å². The molecule has 0 radical (unpaired) electrons. The molecule has 1 rings (SSSR count). The lowest BCUT2D eigenvalue weighted by atomic mass is 10.1. The van der Waals surface area contributed by atoms with Crippen molar-refractivity contribution in [2.75, 3.05) is 13.2 Å². The first kappa shape index (κ1) is 23.6. The van der Waals surface area contributed by atoms with Crippen molar-refractivity contribution in [2.45, 2.75) is 38.0 Å². The largest absolute Gasteiger partial charge is 0.480 e. The highest BCUT2D eigenvalue weighted by Crippen LogP contribution is 2.13. The molecule has 15 nitrogen and oxygen atoms in total. The van der Waals surface area contributed by atoms with Crippen molar-refractivity contribution >= 4 is 23.9 Å². The number of rotatable bonds is 11. The lowest BCUT2D eigenvalue weighted by Gasteiger charge is -2.20. The molecule has 0 spiro atoms. The van der Waals surface area contributed by atoms with Gasteiger partial charge in [0.2, 0.25) is 11.8 Å². The van der Waals surface area contributed by atoms with E-state index >= 15 is 0 Å². The molecule has 1 heterocycles. The summed E-state index contributed by atoms with van der Waals surface area (Å²) in [6.07, 6.45) is 0.212. The Kier molecular flexibility index (Phi) is 9.27. The molecule has 3 amide bonds. The summed E-state index contributed by atoms with van der Waals surface area (Å²) in [4.78, 5) is 37.7. The number of nitrogens with zero attached hydrogens (tertiary/aromatic N) is 2. The van der Waals surface area contributed by atoms with Crippen LogP contribution in [0.2, 0.25) is 0 Å². The maximum absolute atomic E-state index is 11.6. The summed E-state index contributed by atoms with van der Waals surface area (Å²) < 4.78 is 4.97. The third kappa shape index (κ3) is 8.85. The first-order chi connectivity index (χ1) is 13.6. The number of nitrogens with one attached hydrogen (secondary N) is 5. The molecule has 15 heteroatoms. The van der Waals surface area contributed by atoms with E-state index < -0.39 is 36.7 Å². The van der Waals surface area contributed by atoms with Crippen LogP contribution in [0, 0.1) is 5.41 Å². The minimum atomic E-state index is -1.45.